The van der Waals surface area contributed by atoms with Crippen LogP contribution >= 0.6 is 0 Å². The van der Waals surface area contributed by atoms with E-state index < -0.39 is 0 Å². The van der Waals surface area contributed by atoms with Crippen LogP contribution in [0.15, 0.2) is 42.5 Å². The van der Waals surface area contributed by atoms with Crippen molar-refractivity contribution in [3.8, 4) is 11.5 Å². The van der Waals surface area contributed by atoms with Crippen molar-refractivity contribution in [1.82, 2.24) is 0 Å². The van der Waals surface area contributed by atoms with Crippen molar-refractivity contribution in [3.05, 3.63) is 53.6 Å². The van der Waals surface area contributed by atoms with Crippen molar-refractivity contribution < 1.29 is 19.1 Å². The van der Waals surface area contributed by atoms with Crippen LogP contribution in [0.3, 0.4) is 0 Å². The molecular weight excluding hydrogens is 306 g/mol. The Labute approximate surface area is 140 Å². The molecule has 0 spiro atoms. The molecule has 0 unspecified atom stereocenters. The van der Waals surface area contributed by atoms with E-state index >= 15 is 0 Å². The fourth-order valence-corrected chi connectivity index (χ4v) is 2.73. The fraction of sp³-hybridized carbons (Fsp3) is 0.263. The van der Waals surface area contributed by atoms with Crippen molar-refractivity contribution in [2.24, 2.45) is 0 Å². The normalized spacial score (nSPS) is 12.6. The smallest absolute Gasteiger partial charge is 0.262 e. The maximum absolute atomic E-state index is 12.0. The summed E-state index contributed by atoms with van der Waals surface area (Å²) in [6, 6.07) is 12.5. The highest BCUT2D eigenvalue weighted by Gasteiger charge is 2.22. The first kappa shape index (κ1) is 16.1. The summed E-state index contributed by atoms with van der Waals surface area (Å²) in [5, 5.41) is 2.77. The van der Waals surface area contributed by atoms with Gasteiger partial charge in [0, 0.05) is 23.2 Å². The highest BCUT2D eigenvalue weighted by Crippen LogP contribution is 2.30. The molecule has 0 bridgehead atoms. The molecule has 124 valence electrons. The van der Waals surface area contributed by atoms with E-state index in [4.69, 9.17) is 9.47 Å². The number of ether oxygens (including phenoxy) is 2. The van der Waals surface area contributed by atoms with E-state index in [0.29, 0.717) is 36.4 Å². The number of rotatable bonds is 6. The Morgan fingerprint density at radius 2 is 1.88 bits per heavy atom. The Hall–Kier alpha value is -2.82. The van der Waals surface area contributed by atoms with Gasteiger partial charge in [0.2, 0.25) is 0 Å². The van der Waals surface area contributed by atoms with Gasteiger partial charge in [-0.25, -0.2) is 0 Å². The second-order valence-electron chi connectivity index (χ2n) is 5.50. The maximum atomic E-state index is 12.0. The Morgan fingerprint density at radius 1 is 1.08 bits per heavy atom. The summed E-state index contributed by atoms with van der Waals surface area (Å²) in [7, 11) is 0. The van der Waals surface area contributed by atoms with Gasteiger partial charge in [-0.3, -0.25) is 9.59 Å². The molecule has 0 radical (unpaired) electrons. The fourth-order valence-electron chi connectivity index (χ4n) is 2.73. The van der Waals surface area contributed by atoms with Gasteiger partial charge in [-0.15, -0.1) is 0 Å². The van der Waals surface area contributed by atoms with E-state index in [1.807, 2.05) is 6.92 Å². The van der Waals surface area contributed by atoms with Gasteiger partial charge in [-0.2, -0.15) is 0 Å². The van der Waals surface area contributed by atoms with Gasteiger partial charge >= 0.3 is 0 Å². The molecule has 0 heterocycles. The van der Waals surface area contributed by atoms with Gasteiger partial charge in [-0.05, 0) is 43.7 Å². The number of amides is 1. The minimum atomic E-state index is -0.249. The number of fused-ring (bicyclic) bond motifs is 1. The molecule has 1 N–H and O–H groups in total. The highest BCUT2D eigenvalue weighted by molar-refractivity contribution is 6.01. The predicted octanol–water partition coefficient (Wildman–Crippen LogP) is 3.23. The average molecular weight is 325 g/mol. The monoisotopic (exact) mass is 325 g/mol. The van der Waals surface area contributed by atoms with Gasteiger partial charge in [0.15, 0.2) is 12.4 Å². The van der Waals surface area contributed by atoms with Crippen molar-refractivity contribution in [2.45, 2.75) is 19.8 Å². The van der Waals surface area contributed by atoms with Crippen LogP contribution in [-0.2, 0) is 11.2 Å². The molecule has 2 aromatic rings. The first-order valence-corrected chi connectivity index (χ1v) is 7.98. The van der Waals surface area contributed by atoms with Crippen LogP contribution in [0.5, 0.6) is 11.5 Å². The summed E-state index contributed by atoms with van der Waals surface area (Å²) in [5.41, 5.74) is 2.29. The molecular formula is C19H19NO4. The molecule has 1 aliphatic rings. The summed E-state index contributed by atoms with van der Waals surface area (Å²) in [6.45, 7) is 2.42. The number of carbonyl (C=O) groups excluding carboxylic acids is 2. The first-order chi connectivity index (χ1) is 11.7. The summed E-state index contributed by atoms with van der Waals surface area (Å²) in [6.07, 6.45) is 1.18. The molecule has 1 amide bonds. The minimum Gasteiger partial charge on any atom is -0.494 e. The molecule has 0 fully saturated rings. The Bertz CT molecular complexity index is 752. The number of Topliss-reactive ketones (excluding diaryl/α,β-unsaturated/α-hetero) is 1. The van der Waals surface area contributed by atoms with Gasteiger partial charge in [0.25, 0.3) is 5.91 Å². The summed E-state index contributed by atoms with van der Waals surface area (Å²) < 4.78 is 11.0. The SMILES string of the molecule is CCOc1ccc(NC(=O)COc2cccc3c2CCC3=O)cc1. The third-order valence-corrected chi connectivity index (χ3v) is 3.84. The van der Waals surface area contributed by atoms with Gasteiger partial charge < -0.3 is 14.8 Å². The lowest BCUT2D eigenvalue weighted by Gasteiger charge is -2.11. The van der Waals surface area contributed by atoms with Crippen LogP contribution in [0.2, 0.25) is 0 Å². The van der Waals surface area contributed by atoms with Gasteiger partial charge in [-0.1, -0.05) is 12.1 Å². The number of anilines is 1. The van der Waals surface area contributed by atoms with E-state index in [1.165, 1.54) is 0 Å². The highest BCUT2D eigenvalue weighted by atomic mass is 16.5. The van der Waals surface area contributed by atoms with Crippen LogP contribution < -0.4 is 14.8 Å². The lowest BCUT2D eigenvalue weighted by atomic mass is 10.1. The Kier molecular flexibility index (Phi) is 4.79. The van der Waals surface area contributed by atoms with Crippen molar-refractivity contribution in [3.63, 3.8) is 0 Å². The van der Waals surface area contributed by atoms with E-state index in [1.54, 1.807) is 42.5 Å². The molecule has 1 aliphatic carbocycles. The predicted molar refractivity (Wildman–Crippen MR) is 90.8 cm³/mol. The lowest BCUT2D eigenvalue weighted by Crippen LogP contribution is -2.20. The summed E-state index contributed by atoms with van der Waals surface area (Å²) in [5.74, 6) is 1.26. The van der Waals surface area contributed by atoms with Crippen molar-refractivity contribution in [1.29, 1.82) is 0 Å². The first-order valence-electron chi connectivity index (χ1n) is 7.98. The van der Waals surface area contributed by atoms with Gasteiger partial charge in [0.05, 0.1) is 6.61 Å². The second-order valence-corrected chi connectivity index (χ2v) is 5.50. The third kappa shape index (κ3) is 3.56. The molecule has 0 aromatic heterocycles. The van der Waals surface area contributed by atoms with E-state index in [-0.39, 0.29) is 18.3 Å². The van der Waals surface area contributed by atoms with Crippen molar-refractivity contribution in [2.75, 3.05) is 18.5 Å². The minimum absolute atomic E-state index is 0.0993. The van der Waals surface area contributed by atoms with Crippen LogP contribution in [0.25, 0.3) is 0 Å². The number of hydrogen-bond acceptors (Lipinski definition) is 4. The zero-order chi connectivity index (χ0) is 16.9. The topological polar surface area (TPSA) is 64.6 Å². The number of benzene rings is 2. The molecule has 0 saturated carbocycles. The van der Waals surface area contributed by atoms with Crippen LogP contribution in [-0.4, -0.2) is 24.9 Å². The largest absolute Gasteiger partial charge is 0.494 e. The average Bonchev–Trinajstić information content (AvgIpc) is 2.97. The third-order valence-electron chi connectivity index (χ3n) is 3.84. The van der Waals surface area contributed by atoms with Gasteiger partial charge in [0.1, 0.15) is 11.5 Å². The summed E-state index contributed by atoms with van der Waals surface area (Å²) >= 11 is 0. The Balaban J connectivity index is 1.57. The maximum Gasteiger partial charge on any atom is 0.262 e. The van der Waals surface area contributed by atoms with E-state index in [0.717, 1.165) is 11.3 Å². The zero-order valence-corrected chi connectivity index (χ0v) is 13.5. The van der Waals surface area contributed by atoms with Crippen LogP contribution in [0.4, 0.5) is 5.69 Å². The summed E-state index contributed by atoms with van der Waals surface area (Å²) in [4.78, 5) is 23.8. The van der Waals surface area contributed by atoms with E-state index in [9.17, 15) is 9.59 Å². The quantitative estimate of drug-likeness (QED) is 0.885. The number of nitrogens with one attached hydrogen (secondary N) is 1. The molecule has 0 saturated heterocycles. The standard InChI is InChI=1S/C19H19NO4/c1-2-23-14-8-6-13(7-9-14)20-19(22)12-24-18-5-3-4-15-16(18)10-11-17(15)21/h3-9H,2,10-12H2,1H3,(H,20,22). The molecule has 5 nitrogen and oxygen atoms in total. The van der Waals surface area contributed by atoms with E-state index in [2.05, 4.69) is 5.32 Å². The van der Waals surface area contributed by atoms with Crippen molar-refractivity contribution >= 4 is 17.4 Å². The molecule has 3 rings (SSSR count). The lowest BCUT2D eigenvalue weighted by molar-refractivity contribution is -0.118. The Morgan fingerprint density at radius 3 is 2.62 bits per heavy atom. The molecule has 0 atom stereocenters. The molecule has 5 heteroatoms. The number of ketones is 1. The second kappa shape index (κ2) is 7.17. The molecule has 2 aromatic carbocycles. The number of carbonyl (C=O) groups is 2. The zero-order valence-electron chi connectivity index (χ0n) is 13.5. The van der Waals surface area contributed by atoms with Crippen LogP contribution in [0.1, 0.15) is 29.3 Å². The molecule has 0 aliphatic heterocycles. The number of hydrogen-bond donors (Lipinski definition) is 1. The molecule has 24 heavy (non-hydrogen) atoms. The van der Waals surface area contributed by atoms with Crippen LogP contribution in [0, 0.1) is 0 Å².